The number of amides is 2. The van der Waals surface area contributed by atoms with Crippen molar-refractivity contribution in [1.82, 2.24) is 35.2 Å². The number of hydrogen-bond donors (Lipinski definition) is 2. The lowest BCUT2D eigenvalue weighted by molar-refractivity contribution is -0.148. The first-order valence-corrected chi connectivity index (χ1v) is 8.64. The normalized spacial score (nSPS) is 28.3. The van der Waals surface area contributed by atoms with Crippen LogP contribution in [0.25, 0.3) is 0 Å². The number of rotatable bonds is 3. The van der Waals surface area contributed by atoms with Crippen molar-refractivity contribution in [2.45, 2.75) is 36.1 Å². The summed E-state index contributed by atoms with van der Waals surface area (Å²) < 4.78 is 3.64. The monoisotopic (exact) mass is 351 g/mol. The number of nitrogens with one attached hydrogen (secondary N) is 2. The van der Waals surface area contributed by atoms with Crippen LogP contribution in [0, 0.1) is 0 Å². The maximum atomic E-state index is 12.5. The fraction of sp³-hybridized carbons (Fsp3) is 0.500. The lowest BCUT2D eigenvalue weighted by Gasteiger charge is -2.44. The molecule has 9 nitrogen and oxygen atoms in total. The van der Waals surface area contributed by atoms with Crippen molar-refractivity contribution in [2.24, 2.45) is 0 Å². The molecule has 2 amide bonds. The van der Waals surface area contributed by atoms with Crippen molar-refractivity contribution < 1.29 is 9.59 Å². The number of fused-ring (bicyclic) bond motifs is 1. The zero-order chi connectivity index (χ0) is 16.2. The van der Waals surface area contributed by atoms with E-state index < -0.39 is 6.04 Å². The Bertz CT molecular complexity index is 746. The summed E-state index contributed by atoms with van der Waals surface area (Å²) in [6.45, 7) is 4.08. The van der Waals surface area contributed by atoms with E-state index in [0.29, 0.717) is 11.4 Å². The molecule has 2 aromatic rings. The summed E-state index contributed by atoms with van der Waals surface area (Å²) in [6, 6.07) is -0.775. The Hall–Kier alpha value is -2.01. The van der Waals surface area contributed by atoms with Crippen LogP contribution in [0.1, 0.15) is 36.1 Å². The summed E-state index contributed by atoms with van der Waals surface area (Å²) in [5, 5.41) is 18.2. The molecule has 2 saturated heterocycles. The van der Waals surface area contributed by atoms with E-state index in [0.717, 1.165) is 0 Å². The van der Waals surface area contributed by atoms with E-state index in [1.54, 1.807) is 22.0 Å². The third-order valence-corrected chi connectivity index (χ3v) is 6.20. The van der Waals surface area contributed by atoms with Crippen molar-refractivity contribution in [2.75, 3.05) is 0 Å². The van der Waals surface area contributed by atoms with E-state index in [-0.39, 0.29) is 28.0 Å². The van der Waals surface area contributed by atoms with Gasteiger partial charge in [0.2, 0.25) is 5.91 Å². The molecule has 2 unspecified atom stereocenters. The molecule has 3 atom stereocenters. The third kappa shape index (κ3) is 2.14. The van der Waals surface area contributed by atoms with Gasteiger partial charge >= 0.3 is 0 Å². The average Bonchev–Trinajstić information content (AvgIpc) is 3.23. The Balaban J connectivity index is 1.55. The predicted octanol–water partition coefficient (Wildman–Crippen LogP) is 0.190. The first-order chi connectivity index (χ1) is 11.0. The molecule has 2 fully saturated rings. The van der Waals surface area contributed by atoms with Crippen LogP contribution in [0.15, 0.2) is 11.6 Å². The second-order valence-electron chi connectivity index (χ2n) is 5.91. The number of H-pyrrole nitrogens is 1. The highest BCUT2D eigenvalue weighted by molar-refractivity contribution is 8.01. The van der Waals surface area contributed by atoms with Gasteiger partial charge in [0.25, 0.3) is 5.91 Å². The van der Waals surface area contributed by atoms with Gasteiger partial charge in [0, 0.05) is 10.1 Å². The molecule has 11 heteroatoms. The van der Waals surface area contributed by atoms with Gasteiger partial charge in [0.15, 0.2) is 5.82 Å². The van der Waals surface area contributed by atoms with Crippen LogP contribution >= 0.6 is 23.3 Å². The average molecular weight is 351 g/mol. The molecule has 120 valence electrons. The standard InChI is InChI=1S/C12H13N7O2S2/c1-12(2)7(8-15-17-18-16-8)19-10(21)6(11(19)23-12)14-9(20)5-3-13-22-4-5/h3-4,6-7,11H,1-2H3,(H,14,20)(H,15,16,17,18)/t6?,7?,11-/m1/s1. The van der Waals surface area contributed by atoms with E-state index in [1.807, 2.05) is 13.8 Å². The highest BCUT2D eigenvalue weighted by Gasteiger charge is 2.63. The molecule has 2 aliphatic heterocycles. The molecule has 4 rings (SSSR count). The number of carbonyl (C=O) groups excluding carboxylic acids is 2. The highest BCUT2D eigenvalue weighted by atomic mass is 32.2. The van der Waals surface area contributed by atoms with Gasteiger partial charge in [0.05, 0.1) is 11.8 Å². The van der Waals surface area contributed by atoms with Gasteiger partial charge in [-0.3, -0.25) is 9.59 Å². The lowest BCUT2D eigenvalue weighted by Crippen LogP contribution is -2.67. The summed E-state index contributed by atoms with van der Waals surface area (Å²) in [5.41, 5.74) is 0.472. The quantitative estimate of drug-likeness (QED) is 0.758. The topological polar surface area (TPSA) is 117 Å². The Labute approximate surface area is 139 Å². The van der Waals surface area contributed by atoms with Gasteiger partial charge in [-0.25, -0.2) is 9.47 Å². The maximum Gasteiger partial charge on any atom is 0.254 e. The van der Waals surface area contributed by atoms with Crippen LogP contribution in [-0.2, 0) is 4.79 Å². The molecule has 2 aliphatic rings. The minimum absolute atomic E-state index is 0.119. The van der Waals surface area contributed by atoms with Gasteiger partial charge in [0.1, 0.15) is 17.5 Å². The number of tetrazole rings is 1. The van der Waals surface area contributed by atoms with Crippen molar-refractivity contribution in [1.29, 1.82) is 0 Å². The molecule has 2 N–H and O–H groups in total. The van der Waals surface area contributed by atoms with E-state index in [4.69, 9.17) is 0 Å². The van der Waals surface area contributed by atoms with Gasteiger partial charge in [-0.1, -0.05) is 0 Å². The third-order valence-electron chi connectivity index (χ3n) is 4.04. The molecule has 4 heterocycles. The highest BCUT2D eigenvalue weighted by Crippen LogP contribution is 2.56. The van der Waals surface area contributed by atoms with Gasteiger partial charge in [-0.05, 0) is 35.8 Å². The SMILES string of the molecule is CC1(C)S[C@@H]2C(NC(=O)c3cnsc3)C(=O)N2C1c1nnn[nH]1. The van der Waals surface area contributed by atoms with Gasteiger partial charge in [-0.2, -0.15) is 0 Å². The maximum absolute atomic E-state index is 12.5. The smallest absolute Gasteiger partial charge is 0.254 e. The van der Waals surface area contributed by atoms with Gasteiger partial charge in [-0.15, -0.1) is 16.9 Å². The summed E-state index contributed by atoms with van der Waals surface area (Å²) in [5.74, 6) is 0.163. The zero-order valence-corrected chi connectivity index (χ0v) is 13.9. The van der Waals surface area contributed by atoms with Crippen LogP contribution in [0.2, 0.25) is 0 Å². The Morgan fingerprint density at radius 1 is 1.48 bits per heavy atom. The van der Waals surface area contributed by atoms with Crippen molar-refractivity contribution in [3.8, 4) is 0 Å². The molecule has 0 bridgehead atoms. The van der Waals surface area contributed by atoms with Crippen LogP contribution in [-0.4, -0.2) is 57.9 Å². The molecule has 23 heavy (non-hydrogen) atoms. The van der Waals surface area contributed by atoms with Crippen molar-refractivity contribution in [3.05, 3.63) is 23.0 Å². The minimum Gasteiger partial charge on any atom is -0.338 e. The fourth-order valence-electron chi connectivity index (χ4n) is 3.01. The largest absolute Gasteiger partial charge is 0.338 e. The number of thioether (sulfide) groups is 1. The van der Waals surface area contributed by atoms with E-state index in [9.17, 15) is 9.59 Å². The minimum atomic E-state index is -0.535. The first-order valence-electron chi connectivity index (χ1n) is 6.93. The summed E-state index contributed by atoms with van der Waals surface area (Å²) in [6.07, 6.45) is 1.50. The molecular formula is C12H13N7O2S2. The first kappa shape index (κ1) is 14.6. The summed E-state index contributed by atoms with van der Waals surface area (Å²) in [4.78, 5) is 26.4. The summed E-state index contributed by atoms with van der Waals surface area (Å²) in [7, 11) is 0. The lowest BCUT2D eigenvalue weighted by atomic mass is 9.95. The van der Waals surface area contributed by atoms with E-state index >= 15 is 0 Å². The predicted molar refractivity (Wildman–Crippen MR) is 82.6 cm³/mol. The number of β-lactam (4-membered cyclic amide) rings is 1. The molecule has 0 aliphatic carbocycles. The molecule has 2 aromatic heterocycles. The Morgan fingerprint density at radius 3 is 2.96 bits per heavy atom. The number of carbonyl (C=O) groups is 2. The molecule has 0 saturated carbocycles. The molecular weight excluding hydrogens is 338 g/mol. The zero-order valence-electron chi connectivity index (χ0n) is 12.3. The summed E-state index contributed by atoms with van der Waals surface area (Å²) >= 11 is 2.84. The second kappa shape index (κ2) is 4.99. The van der Waals surface area contributed by atoms with Crippen LogP contribution < -0.4 is 5.32 Å². The number of aromatic nitrogens is 5. The van der Waals surface area contributed by atoms with E-state index in [2.05, 4.69) is 30.3 Å². The van der Waals surface area contributed by atoms with E-state index in [1.165, 1.54) is 17.7 Å². The second-order valence-corrected chi connectivity index (χ2v) is 8.34. The van der Waals surface area contributed by atoms with Crippen LogP contribution in [0.5, 0.6) is 0 Å². The Kier molecular flexibility index (Phi) is 3.17. The van der Waals surface area contributed by atoms with Gasteiger partial charge < -0.3 is 10.2 Å². The Morgan fingerprint density at radius 2 is 2.30 bits per heavy atom. The van der Waals surface area contributed by atoms with Crippen molar-refractivity contribution >= 4 is 35.1 Å². The number of hydrogen-bond acceptors (Lipinski definition) is 8. The van der Waals surface area contributed by atoms with Crippen LogP contribution in [0.3, 0.4) is 0 Å². The number of aromatic amines is 1. The molecule has 0 radical (unpaired) electrons. The van der Waals surface area contributed by atoms with Crippen LogP contribution in [0.4, 0.5) is 0 Å². The number of nitrogens with zero attached hydrogens (tertiary/aromatic N) is 5. The fourth-order valence-corrected chi connectivity index (χ4v) is 5.17. The molecule has 0 spiro atoms. The molecule has 0 aromatic carbocycles. The van der Waals surface area contributed by atoms with Crippen molar-refractivity contribution in [3.63, 3.8) is 0 Å².